The second-order valence-electron chi connectivity index (χ2n) is 6.70. The third-order valence-electron chi connectivity index (χ3n) is 4.86. The summed E-state index contributed by atoms with van der Waals surface area (Å²) in [5.41, 5.74) is -0.924. The fraction of sp³-hybridized carbons (Fsp3) is 1.00. The summed E-state index contributed by atoms with van der Waals surface area (Å²) < 4.78 is 23.7. The average Bonchev–Trinajstić information content (AvgIpc) is 2.37. The molecule has 2 heterocycles. The van der Waals surface area contributed by atoms with E-state index in [1.54, 1.807) is 0 Å². The van der Waals surface area contributed by atoms with E-state index in [4.69, 9.17) is 24.1 Å². The Morgan fingerprint density at radius 2 is 1.67 bits per heavy atom. The average molecular weight is 304 g/mol. The topological polar surface area (TPSA) is 77.4 Å². The van der Waals surface area contributed by atoms with Crippen LogP contribution in [0.5, 0.6) is 0 Å². The summed E-state index contributed by atoms with van der Waals surface area (Å²) in [6.07, 6.45) is 0.392. The highest BCUT2D eigenvalue weighted by atomic mass is 16.7. The monoisotopic (exact) mass is 304 g/mol. The molecule has 0 aliphatic carbocycles. The number of rotatable bonds is 4. The van der Waals surface area contributed by atoms with Crippen LogP contribution in [0.15, 0.2) is 0 Å². The molecule has 0 aromatic carbocycles. The first-order chi connectivity index (χ1) is 9.78. The van der Waals surface area contributed by atoms with E-state index < -0.39 is 16.8 Å². The molecule has 6 nitrogen and oxygen atoms in total. The predicted molar refractivity (Wildman–Crippen MR) is 75.6 cm³/mol. The van der Waals surface area contributed by atoms with Gasteiger partial charge in [-0.2, -0.15) is 0 Å². The summed E-state index contributed by atoms with van der Waals surface area (Å²) in [5.74, 6) is -0.801. The second-order valence-corrected chi connectivity index (χ2v) is 6.70. The molecule has 2 saturated heterocycles. The van der Waals surface area contributed by atoms with Crippen LogP contribution < -0.4 is 0 Å². The van der Waals surface area contributed by atoms with Crippen LogP contribution in [0.3, 0.4) is 0 Å². The third kappa shape index (κ3) is 3.11. The first-order valence-corrected chi connectivity index (χ1v) is 7.61. The van der Waals surface area contributed by atoms with Crippen molar-refractivity contribution >= 4 is 0 Å². The standard InChI is InChI=1S/C15H28O6/c1-11-15(9-18-12(5-7-16)19-10-15)13(2,3)21-14(4,20-11)6-8-17/h11-12,16-17H,5-10H2,1-4H3. The van der Waals surface area contributed by atoms with Gasteiger partial charge in [0.1, 0.15) is 0 Å². The lowest BCUT2D eigenvalue weighted by Gasteiger charge is -2.59. The molecule has 2 aliphatic rings. The molecule has 2 rings (SSSR count). The van der Waals surface area contributed by atoms with Crippen LogP contribution in [0.2, 0.25) is 0 Å². The van der Waals surface area contributed by atoms with Gasteiger partial charge in [0.05, 0.1) is 30.3 Å². The Kier molecular flexibility index (Phi) is 4.97. The van der Waals surface area contributed by atoms with Crippen molar-refractivity contribution in [3.63, 3.8) is 0 Å². The van der Waals surface area contributed by atoms with Crippen LogP contribution >= 0.6 is 0 Å². The molecule has 0 amide bonds. The lowest BCUT2D eigenvalue weighted by molar-refractivity contribution is -0.414. The molecule has 0 bridgehead atoms. The predicted octanol–water partition coefficient (Wildman–Crippen LogP) is 1.04. The molecule has 2 N–H and O–H groups in total. The Balaban J connectivity index is 2.14. The second kappa shape index (κ2) is 6.10. The van der Waals surface area contributed by atoms with Crippen molar-refractivity contribution in [1.29, 1.82) is 0 Å². The normalized spacial score (nSPS) is 43.1. The Labute approximate surface area is 126 Å². The maximum atomic E-state index is 9.20. The van der Waals surface area contributed by atoms with Gasteiger partial charge in [0.25, 0.3) is 0 Å². The lowest BCUT2D eigenvalue weighted by atomic mass is 9.69. The highest BCUT2D eigenvalue weighted by Gasteiger charge is 2.60. The van der Waals surface area contributed by atoms with Gasteiger partial charge >= 0.3 is 0 Å². The minimum Gasteiger partial charge on any atom is -0.396 e. The van der Waals surface area contributed by atoms with Gasteiger partial charge in [0.15, 0.2) is 12.1 Å². The van der Waals surface area contributed by atoms with Crippen molar-refractivity contribution in [3.05, 3.63) is 0 Å². The molecule has 6 heteroatoms. The molecule has 21 heavy (non-hydrogen) atoms. The molecule has 0 aromatic heterocycles. The number of aliphatic hydroxyl groups excluding tert-OH is 2. The van der Waals surface area contributed by atoms with Gasteiger partial charge in [-0.1, -0.05) is 0 Å². The zero-order valence-corrected chi connectivity index (χ0v) is 13.4. The van der Waals surface area contributed by atoms with Crippen molar-refractivity contribution in [1.82, 2.24) is 0 Å². The molecule has 0 radical (unpaired) electrons. The van der Waals surface area contributed by atoms with E-state index in [0.717, 1.165) is 0 Å². The number of hydrogen-bond acceptors (Lipinski definition) is 6. The Hall–Kier alpha value is -0.240. The molecule has 0 saturated carbocycles. The van der Waals surface area contributed by atoms with Gasteiger partial charge in [-0.05, 0) is 27.7 Å². The van der Waals surface area contributed by atoms with Crippen LogP contribution in [0.1, 0.15) is 40.5 Å². The van der Waals surface area contributed by atoms with Crippen molar-refractivity contribution in [2.45, 2.75) is 64.3 Å². The fourth-order valence-corrected chi connectivity index (χ4v) is 3.38. The highest BCUT2D eigenvalue weighted by Crippen LogP contribution is 2.50. The largest absolute Gasteiger partial charge is 0.396 e. The lowest BCUT2D eigenvalue weighted by Crippen LogP contribution is -2.68. The maximum Gasteiger partial charge on any atom is 0.168 e. The number of hydrogen-bond donors (Lipinski definition) is 2. The zero-order chi connectivity index (χ0) is 15.7. The summed E-state index contributed by atoms with van der Waals surface area (Å²) in [5, 5.41) is 18.2. The first kappa shape index (κ1) is 17.1. The van der Waals surface area contributed by atoms with Gasteiger partial charge in [-0.3, -0.25) is 0 Å². The van der Waals surface area contributed by atoms with E-state index in [9.17, 15) is 5.11 Å². The quantitative estimate of drug-likeness (QED) is 0.808. The SMILES string of the molecule is CC1OC(C)(CCO)OC(C)(C)C12COC(CCO)OC2. The minimum absolute atomic E-state index is 0.0118. The molecular formula is C15H28O6. The summed E-state index contributed by atoms with van der Waals surface area (Å²) in [4.78, 5) is 0. The van der Waals surface area contributed by atoms with Crippen molar-refractivity contribution in [3.8, 4) is 0 Å². The van der Waals surface area contributed by atoms with Crippen LogP contribution in [-0.4, -0.2) is 60.4 Å². The van der Waals surface area contributed by atoms with E-state index in [1.165, 1.54) is 0 Å². The zero-order valence-electron chi connectivity index (χ0n) is 13.4. The molecule has 2 fully saturated rings. The van der Waals surface area contributed by atoms with Crippen molar-refractivity contribution in [2.75, 3.05) is 26.4 Å². The Morgan fingerprint density at radius 3 is 2.14 bits per heavy atom. The van der Waals surface area contributed by atoms with Crippen LogP contribution in [-0.2, 0) is 18.9 Å². The van der Waals surface area contributed by atoms with Crippen LogP contribution in [0.25, 0.3) is 0 Å². The molecule has 1 spiro atoms. The van der Waals surface area contributed by atoms with E-state index in [2.05, 4.69) is 0 Å². The van der Waals surface area contributed by atoms with Gasteiger partial charge in [0.2, 0.25) is 0 Å². The fourth-order valence-electron chi connectivity index (χ4n) is 3.38. The number of aliphatic hydroxyl groups is 2. The molecule has 0 aromatic rings. The van der Waals surface area contributed by atoms with Gasteiger partial charge in [-0.15, -0.1) is 0 Å². The van der Waals surface area contributed by atoms with Crippen LogP contribution in [0, 0.1) is 5.41 Å². The molecule has 2 atom stereocenters. The van der Waals surface area contributed by atoms with Gasteiger partial charge < -0.3 is 29.2 Å². The van der Waals surface area contributed by atoms with E-state index in [-0.39, 0.29) is 25.6 Å². The minimum atomic E-state index is -0.801. The highest BCUT2D eigenvalue weighted by molar-refractivity contribution is 5.04. The number of ether oxygens (including phenoxy) is 4. The first-order valence-electron chi connectivity index (χ1n) is 7.61. The smallest absolute Gasteiger partial charge is 0.168 e. The maximum absolute atomic E-state index is 9.20. The van der Waals surface area contributed by atoms with Gasteiger partial charge in [-0.25, -0.2) is 0 Å². The van der Waals surface area contributed by atoms with E-state index in [0.29, 0.717) is 26.1 Å². The van der Waals surface area contributed by atoms with Crippen molar-refractivity contribution in [2.24, 2.45) is 5.41 Å². The molecular weight excluding hydrogens is 276 g/mol. The molecule has 2 aliphatic heterocycles. The van der Waals surface area contributed by atoms with E-state index >= 15 is 0 Å². The molecule has 2 unspecified atom stereocenters. The van der Waals surface area contributed by atoms with Crippen molar-refractivity contribution < 1.29 is 29.2 Å². The Bertz CT molecular complexity index is 350. The Morgan fingerprint density at radius 1 is 1.05 bits per heavy atom. The third-order valence-corrected chi connectivity index (χ3v) is 4.86. The summed E-state index contributed by atoms with van der Waals surface area (Å²) >= 11 is 0. The van der Waals surface area contributed by atoms with Crippen LogP contribution in [0.4, 0.5) is 0 Å². The van der Waals surface area contributed by atoms with Gasteiger partial charge in [0, 0.05) is 26.1 Å². The summed E-state index contributed by atoms with van der Waals surface area (Å²) in [7, 11) is 0. The molecule has 124 valence electrons. The van der Waals surface area contributed by atoms with E-state index in [1.807, 2.05) is 27.7 Å². The summed E-state index contributed by atoms with van der Waals surface area (Å²) in [6.45, 7) is 8.85. The summed E-state index contributed by atoms with van der Waals surface area (Å²) in [6, 6.07) is 0.